The van der Waals surface area contributed by atoms with Gasteiger partial charge in [-0.3, -0.25) is 4.79 Å². The van der Waals surface area contributed by atoms with Gasteiger partial charge in [-0.25, -0.2) is 0 Å². The molecular formula is C11H13BrO3. The van der Waals surface area contributed by atoms with Crippen LogP contribution in [0.5, 0.6) is 5.75 Å². The van der Waals surface area contributed by atoms with Gasteiger partial charge in [0.05, 0.1) is 14.2 Å². The smallest absolute Gasteiger partial charge is 0.319 e. The molecule has 0 radical (unpaired) electrons. The van der Waals surface area contributed by atoms with Crippen LogP contribution in [0.2, 0.25) is 0 Å². The van der Waals surface area contributed by atoms with Crippen molar-refractivity contribution >= 4 is 21.9 Å². The molecule has 0 aliphatic rings. The van der Waals surface area contributed by atoms with Crippen LogP contribution >= 0.6 is 15.9 Å². The number of carbonyl (C=O) groups is 1. The number of esters is 1. The predicted molar refractivity (Wildman–Crippen MR) is 61.4 cm³/mol. The maximum absolute atomic E-state index is 11.1. The summed E-state index contributed by atoms with van der Waals surface area (Å²) in [4.78, 5) is 10.8. The Hall–Kier alpha value is -1.03. The zero-order valence-corrected chi connectivity index (χ0v) is 10.3. The summed E-state index contributed by atoms with van der Waals surface area (Å²) in [5.41, 5.74) is 1.06. The molecule has 0 amide bonds. The van der Waals surface area contributed by atoms with Gasteiger partial charge in [0, 0.05) is 0 Å². The number of hydrogen-bond donors (Lipinski definition) is 0. The summed E-state index contributed by atoms with van der Waals surface area (Å²) in [5, 5.41) is 0. The quantitative estimate of drug-likeness (QED) is 0.623. The topological polar surface area (TPSA) is 35.5 Å². The fraction of sp³-hybridized carbons (Fsp3) is 0.364. The van der Waals surface area contributed by atoms with E-state index in [-0.39, 0.29) is 10.8 Å². The molecule has 15 heavy (non-hydrogen) atoms. The van der Waals surface area contributed by atoms with Crippen LogP contribution < -0.4 is 4.74 Å². The Bertz CT molecular complexity index is 321. The first-order valence-electron chi connectivity index (χ1n) is 4.52. The molecule has 0 bridgehead atoms. The zero-order chi connectivity index (χ0) is 11.3. The minimum absolute atomic E-state index is 0.259. The second-order valence-electron chi connectivity index (χ2n) is 3.04. The van der Waals surface area contributed by atoms with Crippen molar-refractivity contribution in [1.82, 2.24) is 0 Å². The van der Waals surface area contributed by atoms with Gasteiger partial charge in [0.25, 0.3) is 0 Å². The van der Waals surface area contributed by atoms with E-state index in [9.17, 15) is 4.79 Å². The molecule has 0 N–H and O–H groups in total. The number of hydrogen-bond acceptors (Lipinski definition) is 3. The van der Waals surface area contributed by atoms with Crippen LogP contribution in [0, 0.1) is 0 Å². The summed E-state index contributed by atoms with van der Waals surface area (Å²) < 4.78 is 9.66. The van der Waals surface area contributed by atoms with E-state index in [1.165, 1.54) is 7.11 Å². The standard InChI is InChI=1S/C11H13BrO3/c1-14-9-5-3-8(4-6-9)7-10(12)11(13)15-2/h3-6,10H,7H2,1-2H3. The molecule has 1 aromatic rings. The van der Waals surface area contributed by atoms with Crippen LogP contribution in [0.25, 0.3) is 0 Å². The normalized spacial score (nSPS) is 11.9. The van der Waals surface area contributed by atoms with E-state index in [2.05, 4.69) is 20.7 Å². The van der Waals surface area contributed by atoms with Crippen LogP contribution in [0.4, 0.5) is 0 Å². The molecule has 0 spiro atoms. The summed E-state index contributed by atoms with van der Waals surface area (Å²) in [6.45, 7) is 0. The lowest BCUT2D eigenvalue weighted by atomic mass is 10.1. The van der Waals surface area contributed by atoms with Gasteiger partial charge in [-0.15, -0.1) is 0 Å². The molecule has 0 fully saturated rings. The first kappa shape index (κ1) is 12.0. The van der Waals surface area contributed by atoms with E-state index in [0.29, 0.717) is 6.42 Å². The number of benzene rings is 1. The van der Waals surface area contributed by atoms with Gasteiger partial charge >= 0.3 is 5.97 Å². The largest absolute Gasteiger partial charge is 0.497 e. The van der Waals surface area contributed by atoms with Crippen molar-refractivity contribution in [2.45, 2.75) is 11.2 Å². The summed E-state index contributed by atoms with van der Waals surface area (Å²) in [6.07, 6.45) is 0.608. The molecule has 0 saturated carbocycles. The third kappa shape index (κ3) is 3.55. The number of rotatable bonds is 4. The molecule has 1 rings (SSSR count). The van der Waals surface area contributed by atoms with Gasteiger partial charge in [-0.1, -0.05) is 28.1 Å². The third-order valence-electron chi connectivity index (χ3n) is 2.03. The maximum Gasteiger partial charge on any atom is 0.319 e. The van der Waals surface area contributed by atoms with Crippen LogP contribution in [0.1, 0.15) is 5.56 Å². The fourth-order valence-corrected chi connectivity index (χ4v) is 1.74. The minimum atomic E-state index is -0.295. The zero-order valence-electron chi connectivity index (χ0n) is 8.70. The Balaban J connectivity index is 2.60. The molecule has 0 saturated heterocycles. The van der Waals surface area contributed by atoms with Gasteiger partial charge in [-0.2, -0.15) is 0 Å². The van der Waals surface area contributed by atoms with E-state index in [4.69, 9.17) is 4.74 Å². The van der Waals surface area contributed by atoms with Crippen LogP contribution in [0.15, 0.2) is 24.3 Å². The summed E-state index contributed by atoms with van der Waals surface area (Å²) >= 11 is 3.27. The highest BCUT2D eigenvalue weighted by Gasteiger charge is 2.15. The van der Waals surface area contributed by atoms with Gasteiger partial charge in [0.15, 0.2) is 0 Å². The minimum Gasteiger partial charge on any atom is -0.497 e. The Morgan fingerprint density at radius 2 is 1.93 bits per heavy atom. The Morgan fingerprint density at radius 3 is 2.40 bits per heavy atom. The van der Waals surface area contributed by atoms with Crippen LogP contribution in [-0.4, -0.2) is 25.0 Å². The molecule has 1 aromatic carbocycles. The van der Waals surface area contributed by atoms with Gasteiger partial charge in [0.1, 0.15) is 10.6 Å². The number of alkyl halides is 1. The maximum atomic E-state index is 11.1. The van der Waals surface area contributed by atoms with E-state index >= 15 is 0 Å². The lowest BCUT2D eigenvalue weighted by Gasteiger charge is -2.07. The van der Waals surface area contributed by atoms with Crippen molar-refractivity contribution in [3.8, 4) is 5.75 Å². The highest BCUT2D eigenvalue weighted by atomic mass is 79.9. The molecule has 82 valence electrons. The van der Waals surface area contributed by atoms with Crippen molar-refractivity contribution < 1.29 is 14.3 Å². The molecule has 0 aromatic heterocycles. The molecule has 4 heteroatoms. The van der Waals surface area contributed by atoms with E-state index < -0.39 is 0 Å². The lowest BCUT2D eigenvalue weighted by Crippen LogP contribution is -2.17. The van der Waals surface area contributed by atoms with Crippen molar-refractivity contribution in [2.24, 2.45) is 0 Å². The highest BCUT2D eigenvalue weighted by molar-refractivity contribution is 9.10. The third-order valence-corrected chi connectivity index (χ3v) is 2.73. The molecular weight excluding hydrogens is 260 g/mol. The second kappa shape index (κ2) is 5.75. The molecule has 0 aliphatic carbocycles. The molecule has 0 heterocycles. The fourth-order valence-electron chi connectivity index (χ4n) is 1.18. The first-order chi connectivity index (χ1) is 7.17. The Morgan fingerprint density at radius 1 is 1.33 bits per heavy atom. The van der Waals surface area contributed by atoms with E-state index in [1.807, 2.05) is 24.3 Å². The predicted octanol–water partition coefficient (Wildman–Crippen LogP) is 2.17. The molecule has 3 nitrogen and oxygen atoms in total. The molecule has 1 unspecified atom stereocenters. The Kier molecular flexibility index (Phi) is 4.62. The monoisotopic (exact) mass is 272 g/mol. The number of methoxy groups -OCH3 is 2. The summed E-state index contributed by atoms with van der Waals surface area (Å²) in [7, 11) is 3.00. The van der Waals surface area contributed by atoms with Crippen LogP contribution in [-0.2, 0) is 16.0 Å². The number of carbonyl (C=O) groups excluding carboxylic acids is 1. The van der Waals surface area contributed by atoms with Crippen LogP contribution in [0.3, 0.4) is 0 Å². The van der Waals surface area contributed by atoms with Crippen molar-refractivity contribution in [2.75, 3.05) is 14.2 Å². The van der Waals surface area contributed by atoms with E-state index in [0.717, 1.165) is 11.3 Å². The summed E-state index contributed by atoms with van der Waals surface area (Å²) in [6, 6.07) is 7.59. The lowest BCUT2D eigenvalue weighted by molar-refractivity contribution is -0.139. The van der Waals surface area contributed by atoms with Gasteiger partial charge in [-0.05, 0) is 24.1 Å². The first-order valence-corrected chi connectivity index (χ1v) is 5.43. The van der Waals surface area contributed by atoms with Crippen molar-refractivity contribution in [1.29, 1.82) is 0 Å². The average molecular weight is 273 g/mol. The number of ether oxygens (including phenoxy) is 2. The van der Waals surface area contributed by atoms with Crippen molar-refractivity contribution in [3.05, 3.63) is 29.8 Å². The molecule has 1 atom stereocenters. The van der Waals surface area contributed by atoms with Crippen molar-refractivity contribution in [3.63, 3.8) is 0 Å². The molecule has 0 aliphatic heterocycles. The number of halogens is 1. The van der Waals surface area contributed by atoms with E-state index in [1.54, 1.807) is 7.11 Å². The highest BCUT2D eigenvalue weighted by Crippen LogP contribution is 2.15. The van der Waals surface area contributed by atoms with Gasteiger partial charge in [0.2, 0.25) is 0 Å². The second-order valence-corrected chi connectivity index (χ2v) is 4.15. The average Bonchev–Trinajstić information content (AvgIpc) is 2.29. The SMILES string of the molecule is COC(=O)C(Br)Cc1ccc(OC)cc1. The Labute approximate surface area is 97.5 Å². The summed E-state index contributed by atoms with van der Waals surface area (Å²) in [5.74, 6) is 0.550. The van der Waals surface area contributed by atoms with Gasteiger partial charge < -0.3 is 9.47 Å².